The maximum absolute atomic E-state index is 12.4. The Morgan fingerprint density at radius 1 is 0.929 bits per heavy atom. The smallest absolute Gasteiger partial charge is 0.255 e. The lowest BCUT2D eigenvalue weighted by atomic mass is 9.73. The van der Waals surface area contributed by atoms with Crippen LogP contribution in [0.25, 0.3) is 0 Å². The minimum absolute atomic E-state index is 0.216. The standard InChI is InChI=1S/C21H20N4O3/c22-16-5-7-17(8-6-16)25-19(27)14-1-3-15(4-2-14)21(20(24)28)11-9-13(10-12-21)18(23)26/h1-11H,12,22H2,(H2,23,26)(H2,24,28)(H,25,27). The van der Waals surface area contributed by atoms with Crippen LogP contribution in [0.2, 0.25) is 0 Å². The van der Waals surface area contributed by atoms with Gasteiger partial charge in [-0.15, -0.1) is 0 Å². The maximum Gasteiger partial charge on any atom is 0.255 e. The van der Waals surface area contributed by atoms with Crippen LogP contribution < -0.4 is 22.5 Å². The van der Waals surface area contributed by atoms with Gasteiger partial charge in [-0.3, -0.25) is 14.4 Å². The Morgan fingerprint density at radius 2 is 1.57 bits per heavy atom. The highest BCUT2D eigenvalue weighted by molar-refractivity contribution is 6.04. The van der Waals surface area contributed by atoms with E-state index in [1.807, 2.05) is 0 Å². The monoisotopic (exact) mass is 376 g/mol. The zero-order chi connectivity index (χ0) is 20.3. The van der Waals surface area contributed by atoms with Crippen LogP contribution in [0.4, 0.5) is 11.4 Å². The summed E-state index contributed by atoms with van der Waals surface area (Å²) in [5, 5.41) is 2.77. The zero-order valence-corrected chi connectivity index (χ0v) is 15.0. The highest BCUT2D eigenvalue weighted by atomic mass is 16.2. The van der Waals surface area contributed by atoms with Crippen molar-refractivity contribution in [3.8, 4) is 0 Å². The molecule has 3 rings (SSSR count). The molecule has 0 saturated heterocycles. The third-order valence-electron chi connectivity index (χ3n) is 4.75. The van der Waals surface area contributed by atoms with Crippen molar-refractivity contribution in [1.82, 2.24) is 0 Å². The van der Waals surface area contributed by atoms with Crippen molar-refractivity contribution in [3.05, 3.63) is 83.5 Å². The molecule has 2 aromatic carbocycles. The average Bonchev–Trinajstić information content (AvgIpc) is 2.69. The molecule has 1 unspecified atom stereocenters. The first-order chi connectivity index (χ1) is 13.3. The molecular formula is C21H20N4O3. The van der Waals surface area contributed by atoms with Crippen LogP contribution in [0.3, 0.4) is 0 Å². The fourth-order valence-corrected chi connectivity index (χ4v) is 3.05. The summed E-state index contributed by atoms with van der Waals surface area (Å²) in [6.07, 6.45) is 4.89. The van der Waals surface area contributed by atoms with E-state index in [2.05, 4.69) is 5.32 Å². The number of hydrogen-bond acceptors (Lipinski definition) is 4. The number of nitrogen functional groups attached to an aromatic ring is 1. The van der Waals surface area contributed by atoms with Crippen LogP contribution in [0.5, 0.6) is 0 Å². The third-order valence-corrected chi connectivity index (χ3v) is 4.75. The summed E-state index contributed by atoms with van der Waals surface area (Å²) in [6.45, 7) is 0. The van der Waals surface area contributed by atoms with Gasteiger partial charge in [0.15, 0.2) is 0 Å². The van der Waals surface area contributed by atoms with Crippen LogP contribution in [-0.2, 0) is 15.0 Å². The number of carbonyl (C=O) groups excluding carboxylic acids is 3. The van der Waals surface area contributed by atoms with Crippen molar-refractivity contribution in [2.24, 2.45) is 11.5 Å². The second-order valence-corrected chi connectivity index (χ2v) is 6.55. The molecule has 0 fully saturated rings. The van der Waals surface area contributed by atoms with Gasteiger partial charge in [0.2, 0.25) is 11.8 Å². The van der Waals surface area contributed by atoms with Gasteiger partial charge in [-0.1, -0.05) is 30.4 Å². The molecule has 7 heteroatoms. The number of amides is 3. The van der Waals surface area contributed by atoms with Gasteiger partial charge >= 0.3 is 0 Å². The SMILES string of the molecule is NC(=O)C1=CCC(C(N)=O)(c2ccc(C(=O)Nc3ccc(N)cc3)cc2)C=C1. The van der Waals surface area contributed by atoms with Crippen LogP contribution in [0.15, 0.2) is 72.3 Å². The number of benzene rings is 2. The van der Waals surface area contributed by atoms with Crippen molar-refractivity contribution in [2.45, 2.75) is 11.8 Å². The van der Waals surface area contributed by atoms with Crippen molar-refractivity contribution >= 4 is 29.1 Å². The van der Waals surface area contributed by atoms with Gasteiger partial charge in [0, 0.05) is 22.5 Å². The summed E-state index contributed by atoms with van der Waals surface area (Å²) >= 11 is 0. The van der Waals surface area contributed by atoms with Gasteiger partial charge in [0.25, 0.3) is 5.91 Å². The van der Waals surface area contributed by atoms with Crippen molar-refractivity contribution in [2.75, 3.05) is 11.1 Å². The van der Waals surface area contributed by atoms with E-state index in [1.165, 1.54) is 6.08 Å². The summed E-state index contributed by atoms with van der Waals surface area (Å²) in [5.41, 5.74) is 18.1. The van der Waals surface area contributed by atoms with Crippen LogP contribution in [-0.4, -0.2) is 17.7 Å². The number of rotatable bonds is 5. The first-order valence-corrected chi connectivity index (χ1v) is 8.58. The first-order valence-electron chi connectivity index (χ1n) is 8.58. The van der Waals surface area contributed by atoms with E-state index in [9.17, 15) is 14.4 Å². The molecule has 0 saturated carbocycles. The summed E-state index contributed by atoms with van der Waals surface area (Å²) < 4.78 is 0. The topological polar surface area (TPSA) is 141 Å². The Balaban J connectivity index is 1.81. The normalized spacial score (nSPS) is 18.2. The van der Waals surface area contributed by atoms with E-state index >= 15 is 0 Å². The summed E-state index contributed by atoms with van der Waals surface area (Å²) in [6, 6.07) is 13.4. The van der Waals surface area contributed by atoms with Crippen molar-refractivity contribution in [3.63, 3.8) is 0 Å². The van der Waals surface area contributed by atoms with Gasteiger partial charge in [0.05, 0.1) is 5.41 Å². The molecule has 0 spiro atoms. The predicted molar refractivity (Wildman–Crippen MR) is 107 cm³/mol. The summed E-state index contributed by atoms with van der Waals surface area (Å²) in [7, 11) is 0. The van der Waals surface area contributed by atoms with E-state index in [0.29, 0.717) is 28.1 Å². The van der Waals surface area contributed by atoms with Crippen LogP contribution >= 0.6 is 0 Å². The van der Waals surface area contributed by atoms with E-state index in [0.717, 1.165) is 0 Å². The molecule has 0 radical (unpaired) electrons. The Kier molecular flexibility index (Phi) is 5.00. The Morgan fingerprint density at radius 3 is 2.07 bits per heavy atom. The summed E-state index contributed by atoms with van der Waals surface area (Å²) in [4.78, 5) is 35.9. The molecule has 2 aromatic rings. The number of carbonyl (C=O) groups is 3. The van der Waals surface area contributed by atoms with Crippen LogP contribution in [0, 0.1) is 0 Å². The average molecular weight is 376 g/mol. The zero-order valence-electron chi connectivity index (χ0n) is 15.0. The van der Waals surface area contributed by atoms with Gasteiger partial charge in [-0.2, -0.15) is 0 Å². The third kappa shape index (κ3) is 3.64. The number of allylic oxidation sites excluding steroid dienone is 1. The lowest BCUT2D eigenvalue weighted by Crippen LogP contribution is -2.40. The fraction of sp³-hybridized carbons (Fsp3) is 0.0952. The molecule has 0 bridgehead atoms. The molecule has 142 valence electrons. The molecule has 1 aliphatic carbocycles. The van der Waals surface area contributed by atoms with E-state index in [4.69, 9.17) is 17.2 Å². The van der Waals surface area contributed by atoms with Gasteiger partial charge in [0.1, 0.15) is 0 Å². The fourth-order valence-electron chi connectivity index (χ4n) is 3.05. The molecular weight excluding hydrogens is 356 g/mol. The number of anilines is 2. The minimum Gasteiger partial charge on any atom is -0.399 e. The second kappa shape index (κ2) is 7.40. The molecule has 0 heterocycles. The second-order valence-electron chi connectivity index (χ2n) is 6.55. The Labute approximate surface area is 161 Å². The number of hydrogen-bond donors (Lipinski definition) is 4. The largest absolute Gasteiger partial charge is 0.399 e. The molecule has 28 heavy (non-hydrogen) atoms. The number of nitrogens with one attached hydrogen (secondary N) is 1. The number of nitrogens with two attached hydrogens (primary N) is 3. The lowest BCUT2D eigenvalue weighted by molar-refractivity contribution is -0.122. The number of primary amides is 2. The maximum atomic E-state index is 12.4. The molecule has 3 amide bonds. The van der Waals surface area contributed by atoms with E-state index < -0.39 is 17.2 Å². The van der Waals surface area contributed by atoms with Gasteiger partial charge in [-0.25, -0.2) is 0 Å². The van der Waals surface area contributed by atoms with E-state index in [-0.39, 0.29) is 12.3 Å². The molecule has 0 aromatic heterocycles. The molecule has 7 N–H and O–H groups in total. The van der Waals surface area contributed by atoms with Crippen LogP contribution in [0.1, 0.15) is 22.3 Å². The molecule has 1 atom stereocenters. The Bertz CT molecular complexity index is 991. The Hall–Kier alpha value is -3.87. The van der Waals surface area contributed by atoms with Crippen molar-refractivity contribution in [1.29, 1.82) is 0 Å². The molecule has 1 aliphatic rings. The predicted octanol–water partition coefficient (Wildman–Crippen LogP) is 1.62. The summed E-state index contributed by atoms with van der Waals surface area (Å²) in [5.74, 6) is -1.41. The van der Waals surface area contributed by atoms with Gasteiger partial charge < -0.3 is 22.5 Å². The van der Waals surface area contributed by atoms with E-state index in [1.54, 1.807) is 60.7 Å². The minimum atomic E-state index is -1.09. The molecule has 0 aliphatic heterocycles. The molecule has 7 nitrogen and oxygen atoms in total. The first kappa shape index (κ1) is 18.9. The van der Waals surface area contributed by atoms with Crippen molar-refractivity contribution < 1.29 is 14.4 Å². The van der Waals surface area contributed by atoms with Gasteiger partial charge in [-0.05, 0) is 48.4 Å². The highest BCUT2D eigenvalue weighted by Crippen LogP contribution is 2.34. The lowest BCUT2D eigenvalue weighted by Gasteiger charge is -2.29. The quantitative estimate of drug-likeness (QED) is 0.588. The highest BCUT2D eigenvalue weighted by Gasteiger charge is 2.37.